The van der Waals surface area contributed by atoms with Gasteiger partial charge in [0.05, 0.1) is 11.0 Å². The van der Waals surface area contributed by atoms with Gasteiger partial charge < -0.3 is 10.3 Å². The number of nitrogen functional groups attached to an aromatic ring is 1. The molecular weight excluding hydrogens is 270 g/mol. The molecule has 2 N–H and O–H groups in total. The molecule has 3 nitrogen and oxygen atoms in total. The lowest BCUT2D eigenvalue weighted by Crippen LogP contribution is -2.01. The van der Waals surface area contributed by atoms with Crippen LogP contribution in [0.15, 0.2) is 54.6 Å². The highest BCUT2D eigenvalue weighted by Crippen LogP contribution is 2.27. The van der Waals surface area contributed by atoms with Crippen molar-refractivity contribution >= 4 is 16.7 Å². The van der Waals surface area contributed by atoms with Crippen molar-refractivity contribution in [3.05, 3.63) is 60.2 Å². The first-order valence-corrected chi connectivity index (χ1v) is 7.58. The Morgan fingerprint density at radius 1 is 1.18 bits per heavy atom. The monoisotopic (exact) mass is 291 g/mol. The zero-order valence-electron chi connectivity index (χ0n) is 13.1. The van der Waals surface area contributed by atoms with E-state index < -0.39 is 0 Å². The van der Waals surface area contributed by atoms with E-state index in [0.29, 0.717) is 0 Å². The predicted molar refractivity (Wildman–Crippen MR) is 93.8 cm³/mol. The summed E-state index contributed by atoms with van der Waals surface area (Å²) in [5.41, 5.74) is 12.2. The number of allylic oxidation sites excluding steroid dienone is 1. The van der Waals surface area contributed by atoms with Crippen molar-refractivity contribution < 1.29 is 0 Å². The summed E-state index contributed by atoms with van der Waals surface area (Å²) in [7, 11) is 0. The van der Waals surface area contributed by atoms with Crippen LogP contribution in [0.5, 0.6) is 0 Å². The number of imidazole rings is 1. The van der Waals surface area contributed by atoms with E-state index in [1.807, 2.05) is 31.2 Å². The maximum atomic E-state index is 5.80. The summed E-state index contributed by atoms with van der Waals surface area (Å²) in [4.78, 5) is 4.86. The molecule has 0 saturated carbocycles. The van der Waals surface area contributed by atoms with Crippen LogP contribution in [0.2, 0.25) is 0 Å². The smallest absolute Gasteiger partial charge is 0.141 e. The lowest BCUT2D eigenvalue weighted by molar-refractivity contribution is 0.820. The molecule has 112 valence electrons. The molecule has 0 atom stereocenters. The van der Waals surface area contributed by atoms with Gasteiger partial charge in [0.2, 0.25) is 0 Å². The van der Waals surface area contributed by atoms with Gasteiger partial charge in [-0.05, 0) is 55.3 Å². The summed E-state index contributed by atoms with van der Waals surface area (Å²) in [5, 5.41) is 0. The molecule has 0 amide bonds. The van der Waals surface area contributed by atoms with Gasteiger partial charge in [0.1, 0.15) is 5.82 Å². The summed E-state index contributed by atoms with van der Waals surface area (Å²) in [6.07, 6.45) is 1.01. The molecule has 3 rings (SSSR count). The molecule has 2 aromatic carbocycles. The molecular formula is C19H21N3. The molecule has 0 aliphatic heterocycles. The van der Waals surface area contributed by atoms with Crippen molar-refractivity contribution in [3.8, 4) is 11.4 Å². The Kier molecular flexibility index (Phi) is 3.72. The Balaban J connectivity index is 2.22. The topological polar surface area (TPSA) is 43.8 Å². The third-order valence-corrected chi connectivity index (χ3v) is 3.82. The quantitative estimate of drug-likeness (QED) is 0.571. The van der Waals surface area contributed by atoms with Gasteiger partial charge in [-0.2, -0.15) is 0 Å². The first-order valence-electron chi connectivity index (χ1n) is 7.58. The van der Waals surface area contributed by atoms with Crippen LogP contribution in [0.4, 0.5) is 5.69 Å². The van der Waals surface area contributed by atoms with Crippen molar-refractivity contribution in [2.24, 2.45) is 0 Å². The molecule has 0 aliphatic rings. The van der Waals surface area contributed by atoms with Gasteiger partial charge in [-0.3, -0.25) is 0 Å². The van der Waals surface area contributed by atoms with Gasteiger partial charge in [0.15, 0.2) is 0 Å². The second-order valence-electron chi connectivity index (χ2n) is 5.78. The van der Waals surface area contributed by atoms with E-state index >= 15 is 0 Å². The summed E-state index contributed by atoms with van der Waals surface area (Å²) in [5.74, 6) is 0.964. The third-order valence-electron chi connectivity index (χ3n) is 3.82. The van der Waals surface area contributed by atoms with Gasteiger partial charge in [0, 0.05) is 17.8 Å². The Bertz CT molecular complexity index is 826. The van der Waals surface area contributed by atoms with E-state index in [0.717, 1.165) is 46.6 Å². The molecule has 1 heterocycles. The highest BCUT2D eigenvalue weighted by Gasteiger charge is 2.13. The first-order chi connectivity index (χ1) is 10.6. The van der Waals surface area contributed by atoms with Crippen LogP contribution in [0, 0.1) is 0 Å². The first kappa shape index (κ1) is 14.4. The van der Waals surface area contributed by atoms with E-state index in [2.05, 4.69) is 36.3 Å². The minimum Gasteiger partial charge on any atom is -0.399 e. The Hall–Kier alpha value is -2.55. The maximum absolute atomic E-state index is 5.80. The largest absolute Gasteiger partial charge is 0.399 e. The fourth-order valence-electron chi connectivity index (χ4n) is 2.68. The third kappa shape index (κ3) is 2.62. The minimum atomic E-state index is 0.764. The number of nitrogens with two attached hydrogens (primary N) is 1. The van der Waals surface area contributed by atoms with Crippen molar-refractivity contribution in [2.45, 2.75) is 26.8 Å². The van der Waals surface area contributed by atoms with Crippen molar-refractivity contribution in [3.63, 3.8) is 0 Å². The number of hydrogen-bond acceptors (Lipinski definition) is 2. The van der Waals surface area contributed by atoms with Crippen molar-refractivity contribution in [1.29, 1.82) is 0 Å². The van der Waals surface area contributed by atoms with Gasteiger partial charge in [-0.15, -0.1) is 0 Å². The SMILES string of the molecule is C=C(C)Cn1c(-c2ccc(N)cc2)nc2cc(CC)ccc21. The summed E-state index contributed by atoms with van der Waals surface area (Å²) in [6.45, 7) is 9.02. The summed E-state index contributed by atoms with van der Waals surface area (Å²) >= 11 is 0. The predicted octanol–water partition coefficient (Wildman–Crippen LogP) is 4.42. The maximum Gasteiger partial charge on any atom is 0.141 e. The van der Waals surface area contributed by atoms with Gasteiger partial charge in [0.25, 0.3) is 0 Å². The van der Waals surface area contributed by atoms with Crippen LogP contribution in [-0.2, 0) is 13.0 Å². The molecule has 0 spiro atoms. The number of aryl methyl sites for hydroxylation is 1. The second kappa shape index (κ2) is 5.68. The summed E-state index contributed by atoms with van der Waals surface area (Å²) < 4.78 is 2.22. The normalized spacial score (nSPS) is 11.0. The standard InChI is InChI=1S/C19H21N3/c1-4-14-5-10-18-17(11-14)21-19(22(18)12-13(2)3)15-6-8-16(20)9-7-15/h5-11H,2,4,12,20H2,1,3H3. The molecule has 22 heavy (non-hydrogen) atoms. The number of anilines is 1. The number of hydrogen-bond donors (Lipinski definition) is 1. The van der Waals surface area contributed by atoms with E-state index in [1.54, 1.807) is 0 Å². The van der Waals surface area contributed by atoms with E-state index in [4.69, 9.17) is 10.7 Å². The second-order valence-corrected chi connectivity index (χ2v) is 5.78. The molecule has 0 fully saturated rings. The Labute approximate surface area is 131 Å². The van der Waals surface area contributed by atoms with Gasteiger partial charge in [-0.25, -0.2) is 4.98 Å². The van der Waals surface area contributed by atoms with Crippen molar-refractivity contribution in [2.75, 3.05) is 5.73 Å². The zero-order valence-corrected chi connectivity index (χ0v) is 13.1. The lowest BCUT2D eigenvalue weighted by atomic mass is 10.1. The fraction of sp³-hybridized carbons (Fsp3) is 0.211. The fourth-order valence-corrected chi connectivity index (χ4v) is 2.68. The van der Waals surface area contributed by atoms with E-state index in [1.165, 1.54) is 5.56 Å². The van der Waals surface area contributed by atoms with Gasteiger partial charge >= 0.3 is 0 Å². The van der Waals surface area contributed by atoms with Crippen LogP contribution in [0.3, 0.4) is 0 Å². The molecule has 0 saturated heterocycles. The Morgan fingerprint density at radius 2 is 1.91 bits per heavy atom. The van der Waals surface area contributed by atoms with Crippen LogP contribution in [0.1, 0.15) is 19.4 Å². The molecule has 0 unspecified atom stereocenters. The average Bonchev–Trinajstić information content (AvgIpc) is 2.85. The van der Waals surface area contributed by atoms with E-state index in [-0.39, 0.29) is 0 Å². The van der Waals surface area contributed by atoms with Crippen LogP contribution in [-0.4, -0.2) is 9.55 Å². The lowest BCUT2D eigenvalue weighted by Gasteiger charge is -2.09. The van der Waals surface area contributed by atoms with Gasteiger partial charge in [-0.1, -0.05) is 25.1 Å². The van der Waals surface area contributed by atoms with Crippen molar-refractivity contribution in [1.82, 2.24) is 9.55 Å². The minimum absolute atomic E-state index is 0.764. The average molecular weight is 291 g/mol. The Morgan fingerprint density at radius 3 is 2.55 bits per heavy atom. The molecule has 0 radical (unpaired) electrons. The van der Waals surface area contributed by atoms with Crippen LogP contribution in [0.25, 0.3) is 22.4 Å². The zero-order chi connectivity index (χ0) is 15.7. The molecule has 3 aromatic rings. The number of nitrogens with zero attached hydrogens (tertiary/aromatic N) is 2. The summed E-state index contributed by atoms with van der Waals surface area (Å²) in [6, 6.07) is 14.4. The highest BCUT2D eigenvalue weighted by molar-refractivity contribution is 5.81. The van der Waals surface area contributed by atoms with Crippen LogP contribution < -0.4 is 5.73 Å². The number of fused-ring (bicyclic) bond motifs is 1. The highest BCUT2D eigenvalue weighted by atomic mass is 15.1. The molecule has 3 heteroatoms. The number of rotatable bonds is 4. The molecule has 1 aromatic heterocycles. The molecule has 0 bridgehead atoms. The van der Waals surface area contributed by atoms with Crippen LogP contribution >= 0.6 is 0 Å². The number of aromatic nitrogens is 2. The van der Waals surface area contributed by atoms with E-state index in [9.17, 15) is 0 Å². The molecule has 0 aliphatic carbocycles. The number of benzene rings is 2.